The van der Waals surface area contributed by atoms with Crippen LogP contribution in [0, 0.1) is 10.1 Å². The van der Waals surface area contributed by atoms with Crippen LogP contribution >= 0.6 is 0 Å². The number of hydrogen-bond acceptors (Lipinski definition) is 6. The Bertz CT molecular complexity index is 563. The zero-order valence-electron chi connectivity index (χ0n) is 13.4. The Kier molecular flexibility index (Phi) is 5.15. The molecule has 1 aromatic rings. The number of nitro groups is 1. The number of nitrogens with zero attached hydrogens (tertiary/aromatic N) is 4. The number of hydrogen-bond donors (Lipinski definition) is 1. The van der Waals surface area contributed by atoms with E-state index in [0.717, 1.165) is 0 Å². The molecule has 1 N–H and O–H groups in total. The summed E-state index contributed by atoms with van der Waals surface area (Å²) in [7, 11) is 0. The van der Waals surface area contributed by atoms with Crippen LogP contribution in [-0.4, -0.2) is 57.6 Å². The van der Waals surface area contributed by atoms with Gasteiger partial charge in [0.1, 0.15) is 17.6 Å². The minimum atomic E-state index is -0.811. The third kappa shape index (κ3) is 3.26. The highest BCUT2D eigenvalue weighted by Gasteiger charge is 2.42. The predicted octanol–water partition coefficient (Wildman–Crippen LogP) is 1.76. The molecular weight excluding hydrogens is 300 g/mol. The molecule has 2 rings (SSSR count). The smallest absolute Gasteiger partial charge is 0.324 e. The first-order valence-electron chi connectivity index (χ1n) is 7.78. The van der Waals surface area contributed by atoms with Crippen LogP contribution in [0.1, 0.15) is 26.7 Å². The lowest BCUT2D eigenvalue weighted by Gasteiger charge is -2.44. The lowest BCUT2D eigenvalue weighted by atomic mass is 9.90. The SMILES string of the molecule is CCC(CC)(C(=O)O)N1CCN(c2ccc([N+](=O)[O-])cn2)CC1. The Labute approximate surface area is 134 Å². The molecule has 1 aliphatic heterocycles. The number of carboxylic acids is 1. The summed E-state index contributed by atoms with van der Waals surface area (Å²) in [6.07, 6.45) is 2.38. The molecule has 0 radical (unpaired) electrons. The van der Waals surface area contributed by atoms with Crippen LogP contribution in [0.15, 0.2) is 18.3 Å². The third-order valence-corrected chi connectivity index (χ3v) is 4.72. The number of rotatable bonds is 6. The van der Waals surface area contributed by atoms with E-state index in [1.54, 1.807) is 6.07 Å². The Hall–Kier alpha value is -2.22. The maximum Gasteiger partial charge on any atom is 0.324 e. The highest BCUT2D eigenvalue weighted by Crippen LogP contribution is 2.27. The third-order valence-electron chi connectivity index (χ3n) is 4.72. The Morgan fingerprint density at radius 1 is 1.30 bits per heavy atom. The molecule has 0 aromatic carbocycles. The fourth-order valence-electron chi connectivity index (χ4n) is 3.17. The van der Waals surface area contributed by atoms with E-state index < -0.39 is 16.4 Å². The summed E-state index contributed by atoms with van der Waals surface area (Å²) in [6.45, 7) is 6.38. The molecule has 0 spiro atoms. The van der Waals surface area contributed by atoms with Crippen molar-refractivity contribution in [1.82, 2.24) is 9.88 Å². The normalized spacial score (nSPS) is 16.3. The van der Waals surface area contributed by atoms with Gasteiger partial charge in [-0.2, -0.15) is 0 Å². The Morgan fingerprint density at radius 2 is 1.91 bits per heavy atom. The van der Waals surface area contributed by atoms with Crippen LogP contribution < -0.4 is 4.90 Å². The molecule has 0 amide bonds. The number of carboxylic acid groups (broad SMARTS) is 1. The predicted molar refractivity (Wildman–Crippen MR) is 85.6 cm³/mol. The Balaban J connectivity index is 2.05. The van der Waals surface area contributed by atoms with Crippen LogP contribution in [0.4, 0.5) is 11.5 Å². The summed E-state index contributed by atoms with van der Waals surface area (Å²) in [5, 5.41) is 20.3. The summed E-state index contributed by atoms with van der Waals surface area (Å²) >= 11 is 0. The molecule has 23 heavy (non-hydrogen) atoms. The average molecular weight is 322 g/mol. The molecular formula is C15H22N4O4. The van der Waals surface area contributed by atoms with E-state index in [9.17, 15) is 20.0 Å². The number of pyridine rings is 1. The van der Waals surface area contributed by atoms with Crippen LogP contribution in [0.2, 0.25) is 0 Å². The quantitative estimate of drug-likeness (QED) is 0.629. The summed E-state index contributed by atoms with van der Waals surface area (Å²) in [5.41, 5.74) is -0.844. The standard InChI is InChI=1S/C15H22N4O4/c1-3-15(4-2,14(20)21)18-9-7-17(8-10-18)13-6-5-12(11-16-13)19(22)23/h5-6,11H,3-4,7-10H2,1-2H3,(H,20,21). The van der Waals surface area contributed by atoms with Gasteiger partial charge in [0.15, 0.2) is 0 Å². The van der Waals surface area contributed by atoms with E-state index in [2.05, 4.69) is 4.98 Å². The Morgan fingerprint density at radius 3 is 2.30 bits per heavy atom. The number of anilines is 1. The fraction of sp³-hybridized carbons (Fsp3) is 0.600. The fourth-order valence-corrected chi connectivity index (χ4v) is 3.17. The zero-order chi connectivity index (χ0) is 17.0. The molecule has 8 nitrogen and oxygen atoms in total. The van der Waals surface area contributed by atoms with Gasteiger partial charge in [-0.3, -0.25) is 19.8 Å². The first-order valence-corrected chi connectivity index (χ1v) is 7.78. The molecule has 0 aliphatic carbocycles. The number of piperazine rings is 1. The van der Waals surface area contributed by atoms with Crippen LogP contribution in [-0.2, 0) is 4.79 Å². The van der Waals surface area contributed by atoms with Gasteiger partial charge in [0.2, 0.25) is 0 Å². The van der Waals surface area contributed by atoms with E-state index in [4.69, 9.17) is 0 Å². The number of aliphatic carboxylic acids is 1. The molecule has 0 saturated carbocycles. The average Bonchev–Trinajstić information content (AvgIpc) is 2.57. The van der Waals surface area contributed by atoms with Crippen molar-refractivity contribution < 1.29 is 14.8 Å². The topological polar surface area (TPSA) is 99.8 Å². The van der Waals surface area contributed by atoms with E-state index in [1.165, 1.54) is 12.3 Å². The molecule has 126 valence electrons. The summed E-state index contributed by atoms with van der Waals surface area (Å²) in [6, 6.07) is 3.08. The van der Waals surface area contributed by atoms with E-state index >= 15 is 0 Å². The maximum absolute atomic E-state index is 11.7. The minimum absolute atomic E-state index is 0.0331. The van der Waals surface area contributed by atoms with Gasteiger partial charge in [-0.15, -0.1) is 0 Å². The van der Waals surface area contributed by atoms with Crippen molar-refractivity contribution in [2.75, 3.05) is 31.1 Å². The van der Waals surface area contributed by atoms with Crippen molar-refractivity contribution in [1.29, 1.82) is 0 Å². The van der Waals surface area contributed by atoms with Crippen molar-refractivity contribution in [3.05, 3.63) is 28.4 Å². The molecule has 2 heterocycles. The van der Waals surface area contributed by atoms with E-state index in [1.807, 2.05) is 23.6 Å². The van der Waals surface area contributed by atoms with Crippen LogP contribution in [0.3, 0.4) is 0 Å². The van der Waals surface area contributed by atoms with Crippen molar-refractivity contribution in [3.8, 4) is 0 Å². The maximum atomic E-state index is 11.7. The molecule has 0 atom stereocenters. The summed E-state index contributed by atoms with van der Waals surface area (Å²) in [5.74, 6) is -0.0893. The second-order valence-electron chi connectivity index (χ2n) is 5.65. The van der Waals surface area contributed by atoms with Gasteiger partial charge in [0, 0.05) is 32.2 Å². The van der Waals surface area contributed by atoms with Crippen molar-refractivity contribution in [2.45, 2.75) is 32.2 Å². The lowest BCUT2D eigenvalue weighted by Crippen LogP contribution is -2.60. The van der Waals surface area contributed by atoms with Gasteiger partial charge in [0.25, 0.3) is 5.69 Å². The lowest BCUT2D eigenvalue weighted by molar-refractivity contribution is -0.385. The molecule has 1 saturated heterocycles. The second-order valence-corrected chi connectivity index (χ2v) is 5.65. The van der Waals surface area contributed by atoms with Gasteiger partial charge in [0.05, 0.1) is 4.92 Å². The summed E-state index contributed by atoms with van der Waals surface area (Å²) in [4.78, 5) is 30.1. The summed E-state index contributed by atoms with van der Waals surface area (Å²) < 4.78 is 0. The first kappa shape index (κ1) is 17.1. The number of carbonyl (C=O) groups is 1. The zero-order valence-corrected chi connectivity index (χ0v) is 13.4. The monoisotopic (exact) mass is 322 g/mol. The molecule has 1 aliphatic rings. The minimum Gasteiger partial charge on any atom is -0.480 e. The van der Waals surface area contributed by atoms with Crippen LogP contribution in [0.5, 0.6) is 0 Å². The van der Waals surface area contributed by atoms with E-state index in [-0.39, 0.29) is 5.69 Å². The largest absolute Gasteiger partial charge is 0.480 e. The van der Waals surface area contributed by atoms with Crippen molar-refractivity contribution in [2.24, 2.45) is 0 Å². The first-order chi connectivity index (χ1) is 10.9. The van der Waals surface area contributed by atoms with Gasteiger partial charge < -0.3 is 10.0 Å². The molecule has 1 fully saturated rings. The molecule has 0 bridgehead atoms. The highest BCUT2D eigenvalue weighted by molar-refractivity contribution is 5.78. The molecule has 8 heteroatoms. The van der Waals surface area contributed by atoms with Crippen LogP contribution in [0.25, 0.3) is 0 Å². The van der Waals surface area contributed by atoms with Gasteiger partial charge in [-0.1, -0.05) is 13.8 Å². The molecule has 0 unspecified atom stereocenters. The number of aromatic nitrogens is 1. The van der Waals surface area contributed by atoms with Gasteiger partial charge in [-0.05, 0) is 18.9 Å². The van der Waals surface area contributed by atoms with Gasteiger partial charge in [-0.25, -0.2) is 4.98 Å². The second kappa shape index (κ2) is 6.91. The van der Waals surface area contributed by atoms with Crippen molar-refractivity contribution in [3.63, 3.8) is 0 Å². The van der Waals surface area contributed by atoms with E-state index in [0.29, 0.717) is 44.8 Å². The molecule has 1 aromatic heterocycles. The highest BCUT2D eigenvalue weighted by atomic mass is 16.6. The van der Waals surface area contributed by atoms with Gasteiger partial charge >= 0.3 is 5.97 Å². The van der Waals surface area contributed by atoms with Crippen molar-refractivity contribution >= 4 is 17.5 Å².